The maximum Gasteiger partial charge on any atom is 0.0891 e. The summed E-state index contributed by atoms with van der Waals surface area (Å²) in [7, 11) is 0. The van der Waals surface area contributed by atoms with E-state index in [2.05, 4.69) is 12.3 Å². The lowest BCUT2D eigenvalue weighted by Crippen LogP contribution is -2.51. The normalized spacial score (nSPS) is 27.6. The van der Waals surface area contributed by atoms with Gasteiger partial charge in [0.05, 0.1) is 21.7 Å². The summed E-state index contributed by atoms with van der Waals surface area (Å²) >= 11 is 12.2. The Kier molecular flexibility index (Phi) is 5.92. The lowest BCUT2D eigenvalue weighted by molar-refractivity contribution is -0.102. The Hall–Kier alpha value is -0.320. The molecule has 0 spiro atoms. The van der Waals surface area contributed by atoms with Gasteiger partial charge in [-0.1, -0.05) is 49.0 Å². The van der Waals surface area contributed by atoms with Crippen LogP contribution in [0.1, 0.15) is 51.1 Å². The van der Waals surface area contributed by atoms with Crippen molar-refractivity contribution >= 4 is 23.2 Å². The molecule has 5 heteroatoms. The maximum atomic E-state index is 6.20. The summed E-state index contributed by atoms with van der Waals surface area (Å²) in [4.78, 5) is 0. The van der Waals surface area contributed by atoms with E-state index in [-0.39, 0.29) is 11.6 Å². The second kappa shape index (κ2) is 7.30. The van der Waals surface area contributed by atoms with Crippen LogP contribution in [0.15, 0.2) is 18.2 Å². The van der Waals surface area contributed by atoms with Crippen molar-refractivity contribution in [3.63, 3.8) is 0 Å². The largest absolute Gasteiger partial charge is 0.373 e. The number of hydrazine groups is 1. The fourth-order valence-electron chi connectivity index (χ4n) is 3.55. The molecule has 1 aromatic carbocycles. The van der Waals surface area contributed by atoms with Gasteiger partial charge < -0.3 is 4.74 Å². The first-order chi connectivity index (χ1) is 10.0. The highest BCUT2D eigenvalue weighted by Crippen LogP contribution is 2.44. The van der Waals surface area contributed by atoms with Crippen LogP contribution in [0, 0.1) is 5.92 Å². The van der Waals surface area contributed by atoms with Gasteiger partial charge in [-0.2, -0.15) is 0 Å². The van der Waals surface area contributed by atoms with Gasteiger partial charge in [0.1, 0.15) is 0 Å². The van der Waals surface area contributed by atoms with Crippen molar-refractivity contribution in [1.29, 1.82) is 0 Å². The van der Waals surface area contributed by atoms with Crippen molar-refractivity contribution in [1.82, 2.24) is 5.43 Å². The van der Waals surface area contributed by atoms with Crippen LogP contribution in [0.2, 0.25) is 10.0 Å². The van der Waals surface area contributed by atoms with Crippen molar-refractivity contribution in [2.75, 3.05) is 6.61 Å². The van der Waals surface area contributed by atoms with Crippen molar-refractivity contribution < 1.29 is 4.74 Å². The van der Waals surface area contributed by atoms with E-state index < -0.39 is 0 Å². The van der Waals surface area contributed by atoms with Crippen LogP contribution in [-0.4, -0.2) is 12.2 Å². The van der Waals surface area contributed by atoms with Crippen LogP contribution >= 0.6 is 23.2 Å². The van der Waals surface area contributed by atoms with Crippen molar-refractivity contribution in [3.8, 4) is 0 Å². The molecule has 1 aliphatic carbocycles. The lowest BCUT2D eigenvalue weighted by Gasteiger charge is -2.45. The van der Waals surface area contributed by atoms with E-state index in [0.29, 0.717) is 22.6 Å². The Balaban J connectivity index is 2.37. The number of halogens is 2. The molecule has 0 aliphatic heterocycles. The van der Waals surface area contributed by atoms with Gasteiger partial charge >= 0.3 is 0 Å². The molecule has 1 aromatic rings. The summed E-state index contributed by atoms with van der Waals surface area (Å²) in [5, 5.41) is 1.10. The van der Waals surface area contributed by atoms with E-state index in [4.69, 9.17) is 33.8 Å². The Morgan fingerprint density at radius 2 is 2.19 bits per heavy atom. The minimum Gasteiger partial charge on any atom is -0.373 e. The molecule has 118 valence electrons. The molecule has 0 heterocycles. The van der Waals surface area contributed by atoms with Gasteiger partial charge in [-0.05, 0) is 43.4 Å². The Labute approximate surface area is 137 Å². The number of ether oxygens (including phenoxy) is 1. The molecule has 1 aliphatic rings. The molecule has 3 N–H and O–H groups in total. The van der Waals surface area contributed by atoms with Gasteiger partial charge in [-0.3, -0.25) is 11.3 Å². The molecule has 1 saturated carbocycles. The molecule has 0 radical (unpaired) electrons. The zero-order valence-electron chi connectivity index (χ0n) is 12.7. The van der Waals surface area contributed by atoms with Gasteiger partial charge in [-0.25, -0.2) is 0 Å². The number of nitrogens with one attached hydrogen (secondary N) is 1. The third-order valence-corrected chi connectivity index (χ3v) is 5.13. The molecule has 3 unspecified atom stereocenters. The summed E-state index contributed by atoms with van der Waals surface area (Å²) in [5.41, 5.74) is 3.70. The number of nitrogens with two attached hydrogens (primary N) is 1. The highest BCUT2D eigenvalue weighted by Gasteiger charge is 2.43. The first-order valence-electron chi connectivity index (χ1n) is 7.57. The molecule has 2 rings (SSSR count). The Morgan fingerprint density at radius 3 is 2.76 bits per heavy atom. The average Bonchev–Trinajstić information content (AvgIpc) is 2.44. The monoisotopic (exact) mass is 330 g/mol. The fraction of sp³-hybridized carbons (Fsp3) is 0.625. The number of rotatable bonds is 5. The lowest BCUT2D eigenvalue weighted by atomic mass is 9.73. The highest BCUT2D eigenvalue weighted by atomic mass is 35.5. The van der Waals surface area contributed by atoms with E-state index in [9.17, 15) is 0 Å². The van der Waals surface area contributed by atoms with E-state index in [1.54, 1.807) is 0 Å². The third kappa shape index (κ3) is 3.72. The van der Waals surface area contributed by atoms with Crippen LogP contribution < -0.4 is 11.3 Å². The summed E-state index contributed by atoms with van der Waals surface area (Å²) in [6.07, 6.45) is 4.39. The second-order valence-electron chi connectivity index (χ2n) is 5.97. The first-order valence-corrected chi connectivity index (χ1v) is 8.33. The molecule has 21 heavy (non-hydrogen) atoms. The molecule has 0 aromatic heterocycles. The van der Waals surface area contributed by atoms with Gasteiger partial charge in [0, 0.05) is 6.61 Å². The molecular weight excluding hydrogens is 307 g/mol. The Bertz CT molecular complexity index is 479. The summed E-state index contributed by atoms with van der Waals surface area (Å²) < 4.78 is 6.20. The molecule has 0 saturated heterocycles. The predicted molar refractivity (Wildman–Crippen MR) is 88.5 cm³/mol. The van der Waals surface area contributed by atoms with Gasteiger partial charge in [0.2, 0.25) is 0 Å². The molecule has 0 amide bonds. The minimum absolute atomic E-state index is 0.0880. The van der Waals surface area contributed by atoms with Gasteiger partial charge in [-0.15, -0.1) is 0 Å². The number of hydrogen-bond acceptors (Lipinski definition) is 3. The predicted octanol–water partition coefficient (Wildman–Crippen LogP) is 4.48. The van der Waals surface area contributed by atoms with Crippen LogP contribution in [0.4, 0.5) is 0 Å². The molecular formula is C16H24Cl2N2O. The topological polar surface area (TPSA) is 47.3 Å². The summed E-state index contributed by atoms with van der Waals surface area (Å²) in [6.45, 7) is 4.98. The van der Waals surface area contributed by atoms with Gasteiger partial charge in [0.25, 0.3) is 0 Å². The molecule has 3 nitrogen and oxygen atoms in total. The van der Waals surface area contributed by atoms with Crippen molar-refractivity contribution in [2.45, 2.75) is 51.2 Å². The minimum atomic E-state index is -0.279. The average molecular weight is 331 g/mol. The smallest absolute Gasteiger partial charge is 0.0891 e. The van der Waals surface area contributed by atoms with Crippen molar-refractivity contribution in [2.24, 2.45) is 11.8 Å². The zero-order valence-corrected chi connectivity index (χ0v) is 14.2. The highest BCUT2D eigenvalue weighted by molar-refractivity contribution is 6.42. The van der Waals surface area contributed by atoms with Crippen LogP contribution in [0.3, 0.4) is 0 Å². The van der Waals surface area contributed by atoms with Gasteiger partial charge in [0.15, 0.2) is 0 Å². The molecule has 1 fully saturated rings. The van der Waals surface area contributed by atoms with Crippen LogP contribution in [-0.2, 0) is 4.74 Å². The fourth-order valence-corrected chi connectivity index (χ4v) is 3.86. The maximum absolute atomic E-state index is 6.20. The van der Waals surface area contributed by atoms with Crippen LogP contribution in [0.5, 0.6) is 0 Å². The number of hydrogen-bond donors (Lipinski definition) is 2. The summed E-state index contributed by atoms with van der Waals surface area (Å²) in [6, 6.07) is 5.58. The van der Waals surface area contributed by atoms with Crippen LogP contribution in [0.25, 0.3) is 0 Å². The van der Waals surface area contributed by atoms with E-state index in [0.717, 1.165) is 24.8 Å². The zero-order chi connectivity index (χ0) is 15.5. The third-order valence-electron chi connectivity index (χ3n) is 4.39. The summed E-state index contributed by atoms with van der Waals surface area (Å²) in [5.74, 6) is 6.51. The standard InChI is InChI=1S/C16H24Cl2N2O/c1-3-21-16(8-4-5-11(2)10-16)15(20-19)12-6-7-13(17)14(18)9-12/h6-7,9,11,15,20H,3-5,8,10,19H2,1-2H3. The number of benzene rings is 1. The molecule has 3 atom stereocenters. The quantitative estimate of drug-likeness (QED) is 0.618. The Morgan fingerprint density at radius 1 is 1.43 bits per heavy atom. The van der Waals surface area contributed by atoms with E-state index in [1.165, 1.54) is 6.42 Å². The second-order valence-corrected chi connectivity index (χ2v) is 6.79. The molecule has 0 bridgehead atoms. The van der Waals surface area contributed by atoms with Crippen molar-refractivity contribution in [3.05, 3.63) is 33.8 Å². The SMILES string of the molecule is CCOC1(C(NN)c2ccc(Cl)c(Cl)c2)CCCC(C)C1. The van der Waals surface area contributed by atoms with E-state index >= 15 is 0 Å². The van der Waals surface area contributed by atoms with E-state index in [1.807, 2.05) is 25.1 Å². The first kappa shape index (κ1) is 17.0.